The van der Waals surface area contributed by atoms with E-state index in [9.17, 15) is 22.4 Å². The number of allylic oxidation sites excluding steroid dienone is 3. The molecule has 2 rings (SSSR count). The maximum Gasteiger partial charge on any atom is 0.419 e. The molecule has 152 valence electrons. The van der Waals surface area contributed by atoms with Crippen LogP contribution in [0.15, 0.2) is 79.1 Å². The summed E-state index contributed by atoms with van der Waals surface area (Å²) in [5, 5.41) is 2.52. The molecular weight excluding hydrogens is 386 g/mol. The summed E-state index contributed by atoms with van der Waals surface area (Å²) < 4.78 is 58.4. The molecule has 1 N–H and O–H groups in total. The van der Waals surface area contributed by atoms with Crippen molar-refractivity contribution in [2.45, 2.75) is 13.1 Å². The molecule has 0 aliphatic heterocycles. The molecule has 2 aromatic rings. The van der Waals surface area contributed by atoms with E-state index < -0.39 is 23.5 Å². The van der Waals surface area contributed by atoms with Gasteiger partial charge in [0.25, 0.3) is 5.91 Å². The van der Waals surface area contributed by atoms with Crippen molar-refractivity contribution in [3.63, 3.8) is 0 Å². The van der Waals surface area contributed by atoms with Gasteiger partial charge >= 0.3 is 6.18 Å². The van der Waals surface area contributed by atoms with Gasteiger partial charge in [0.2, 0.25) is 0 Å². The number of alkyl halides is 3. The van der Waals surface area contributed by atoms with Gasteiger partial charge in [0.15, 0.2) is 0 Å². The molecule has 0 saturated heterocycles. The van der Waals surface area contributed by atoms with Gasteiger partial charge in [-0.15, -0.1) is 0 Å². The lowest BCUT2D eigenvalue weighted by Crippen LogP contribution is -2.25. The third-order valence-electron chi connectivity index (χ3n) is 3.81. The van der Waals surface area contributed by atoms with Gasteiger partial charge in [0, 0.05) is 6.54 Å². The molecule has 7 heteroatoms. The van der Waals surface area contributed by atoms with E-state index in [2.05, 4.69) is 11.9 Å². The van der Waals surface area contributed by atoms with Crippen LogP contribution in [0.1, 0.15) is 21.5 Å². The second kappa shape index (κ2) is 9.73. The molecule has 0 atom stereocenters. The third-order valence-corrected chi connectivity index (χ3v) is 3.81. The van der Waals surface area contributed by atoms with Gasteiger partial charge in [-0.25, -0.2) is 4.39 Å². The van der Waals surface area contributed by atoms with Crippen LogP contribution >= 0.6 is 0 Å². The van der Waals surface area contributed by atoms with E-state index in [0.717, 1.165) is 6.07 Å². The van der Waals surface area contributed by atoms with Gasteiger partial charge < -0.3 is 10.1 Å². The van der Waals surface area contributed by atoms with Crippen LogP contribution in [0.4, 0.5) is 17.6 Å². The number of para-hydroxylation sites is 1. The first-order chi connectivity index (χ1) is 13.7. The lowest BCUT2D eigenvalue weighted by Gasteiger charge is -2.13. The molecule has 0 bridgehead atoms. The van der Waals surface area contributed by atoms with Crippen LogP contribution in [0.5, 0.6) is 5.75 Å². The highest BCUT2D eigenvalue weighted by Gasteiger charge is 2.34. The van der Waals surface area contributed by atoms with E-state index in [-0.39, 0.29) is 23.6 Å². The first-order valence-corrected chi connectivity index (χ1v) is 8.60. The lowest BCUT2D eigenvalue weighted by molar-refractivity contribution is -0.138. The second-order valence-electron chi connectivity index (χ2n) is 5.94. The zero-order valence-electron chi connectivity index (χ0n) is 15.6. The minimum Gasteiger partial charge on any atom is -0.457 e. The Morgan fingerprint density at radius 3 is 2.55 bits per heavy atom. The standard InChI is InChI=1S/C22H19F4NO2/c1-3-8-16(29-19-13-5-4-11-17(19)22(24,25)26)10-7-14-27-21(28)20-15(2)9-6-12-18(20)23/h3-13H,1,14H2,2H3,(H,27,28)/b10-7-,16-8+. The minimum absolute atomic E-state index is 0.0192. The molecule has 0 aliphatic carbocycles. The quantitative estimate of drug-likeness (QED) is 0.371. The summed E-state index contributed by atoms with van der Waals surface area (Å²) in [5.41, 5.74) is -0.476. The summed E-state index contributed by atoms with van der Waals surface area (Å²) in [6.45, 7) is 5.14. The van der Waals surface area contributed by atoms with E-state index in [0.29, 0.717) is 5.56 Å². The van der Waals surface area contributed by atoms with Gasteiger partial charge in [0.05, 0.1) is 11.1 Å². The fourth-order valence-corrected chi connectivity index (χ4v) is 2.49. The van der Waals surface area contributed by atoms with Gasteiger partial charge in [-0.1, -0.05) is 43.0 Å². The van der Waals surface area contributed by atoms with Gasteiger partial charge in [-0.3, -0.25) is 4.79 Å². The van der Waals surface area contributed by atoms with E-state index in [1.807, 2.05) is 0 Å². The lowest BCUT2D eigenvalue weighted by atomic mass is 10.1. The molecule has 0 spiro atoms. The molecule has 0 aromatic heterocycles. The van der Waals surface area contributed by atoms with E-state index in [1.54, 1.807) is 13.0 Å². The number of carbonyl (C=O) groups excluding carboxylic acids is 1. The molecule has 0 unspecified atom stereocenters. The Morgan fingerprint density at radius 2 is 1.90 bits per heavy atom. The number of ether oxygens (including phenoxy) is 1. The van der Waals surface area contributed by atoms with Gasteiger partial charge in [-0.2, -0.15) is 13.2 Å². The number of halogens is 4. The predicted octanol–water partition coefficient (Wildman–Crippen LogP) is 5.59. The maximum atomic E-state index is 13.8. The Kier molecular flexibility index (Phi) is 7.36. The minimum atomic E-state index is -4.56. The van der Waals surface area contributed by atoms with Crippen molar-refractivity contribution in [2.24, 2.45) is 0 Å². The van der Waals surface area contributed by atoms with Crippen molar-refractivity contribution in [3.8, 4) is 5.75 Å². The first-order valence-electron chi connectivity index (χ1n) is 8.60. The van der Waals surface area contributed by atoms with Crippen LogP contribution < -0.4 is 10.1 Å². The molecule has 0 saturated carbocycles. The molecule has 0 heterocycles. The number of amides is 1. The zero-order valence-corrected chi connectivity index (χ0v) is 15.6. The fraction of sp³-hybridized carbons (Fsp3) is 0.136. The molecule has 1 amide bonds. The molecule has 0 radical (unpaired) electrons. The van der Waals surface area contributed by atoms with E-state index >= 15 is 0 Å². The van der Waals surface area contributed by atoms with Crippen molar-refractivity contribution in [1.82, 2.24) is 5.32 Å². The molecule has 0 fully saturated rings. The number of hydrogen-bond donors (Lipinski definition) is 1. The molecule has 0 aliphatic rings. The van der Waals surface area contributed by atoms with Gasteiger partial charge in [-0.05, 0) is 42.8 Å². The average Bonchev–Trinajstić information content (AvgIpc) is 2.65. The van der Waals surface area contributed by atoms with Crippen molar-refractivity contribution < 1.29 is 27.1 Å². The van der Waals surface area contributed by atoms with E-state index in [1.165, 1.54) is 54.6 Å². The summed E-state index contributed by atoms with van der Waals surface area (Å²) in [6, 6.07) is 9.13. The van der Waals surface area contributed by atoms with Gasteiger partial charge in [0.1, 0.15) is 17.3 Å². The number of rotatable bonds is 7. The number of nitrogens with one attached hydrogen (secondary N) is 1. The SMILES string of the molecule is C=C/C=C(\C=C/CNC(=O)c1c(C)cccc1F)Oc1ccccc1C(F)(F)F. The fourth-order valence-electron chi connectivity index (χ4n) is 2.49. The summed E-state index contributed by atoms with van der Waals surface area (Å²) in [5.74, 6) is -1.49. The number of benzene rings is 2. The Bertz CT molecular complexity index is 926. The largest absolute Gasteiger partial charge is 0.457 e. The highest BCUT2D eigenvalue weighted by atomic mass is 19.4. The second-order valence-corrected chi connectivity index (χ2v) is 5.94. The summed E-state index contributed by atoms with van der Waals surface area (Å²) in [7, 11) is 0. The first kappa shape index (κ1) is 21.9. The Morgan fingerprint density at radius 1 is 1.17 bits per heavy atom. The zero-order chi connectivity index (χ0) is 21.4. The van der Waals surface area contributed by atoms with Crippen molar-refractivity contribution in [2.75, 3.05) is 6.54 Å². The van der Waals surface area contributed by atoms with Crippen LogP contribution in [0, 0.1) is 12.7 Å². The number of hydrogen-bond acceptors (Lipinski definition) is 2. The average molecular weight is 405 g/mol. The molecule has 29 heavy (non-hydrogen) atoms. The Balaban J connectivity index is 2.07. The third kappa shape index (κ3) is 6.07. The van der Waals surface area contributed by atoms with Crippen LogP contribution in [-0.4, -0.2) is 12.5 Å². The summed E-state index contributed by atoms with van der Waals surface area (Å²) in [6.07, 6.45) is 1.04. The Hall–Kier alpha value is -3.35. The summed E-state index contributed by atoms with van der Waals surface area (Å²) in [4.78, 5) is 12.1. The normalized spacial score (nSPS) is 12.1. The topological polar surface area (TPSA) is 38.3 Å². The van der Waals surface area contributed by atoms with Crippen LogP contribution in [0.3, 0.4) is 0 Å². The van der Waals surface area contributed by atoms with Crippen molar-refractivity contribution in [3.05, 3.63) is 102 Å². The van der Waals surface area contributed by atoms with Crippen LogP contribution in [-0.2, 0) is 6.18 Å². The number of aryl methyl sites for hydroxylation is 1. The number of carbonyl (C=O) groups is 1. The van der Waals surface area contributed by atoms with Crippen molar-refractivity contribution in [1.29, 1.82) is 0 Å². The molecular formula is C22H19F4NO2. The smallest absolute Gasteiger partial charge is 0.419 e. The Labute approximate surface area is 166 Å². The van der Waals surface area contributed by atoms with Crippen molar-refractivity contribution >= 4 is 5.91 Å². The predicted molar refractivity (Wildman–Crippen MR) is 103 cm³/mol. The highest BCUT2D eigenvalue weighted by Crippen LogP contribution is 2.36. The van der Waals surface area contributed by atoms with E-state index in [4.69, 9.17) is 4.74 Å². The van der Waals surface area contributed by atoms with Crippen LogP contribution in [0.2, 0.25) is 0 Å². The summed E-state index contributed by atoms with van der Waals surface area (Å²) >= 11 is 0. The van der Waals surface area contributed by atoms with Crippen LogP contribution in [0.25, 0.3) is 0 Å². The maximum absolute atomic E-state index is 13.8. The highest BCUT2D eigenvalue weighted by molar-refractivity contribution is 5.95. The monoisotopic (exact) mass is 405 g/mol. The molecule has 3 nitrogen and oxygen atoms in total. The molecule has 2 aromatic carbocycles.